The summed E-state index contributed by atoms with van der Waals surface area (Å²) in [5, 5.41) is 4.80. The zero-order valence-electron chi connectivity index (χ0n) is 13.6. The van der Waals surface area contributed by atoms with Crippen molar-refractivity contribution in [2.75, 3.05) is 37.6 Å². The molecule has 1 aromatic heterocycles. The molecule has 0 amide bonds. The molecule has 2 fully saturated rings. The molecule has 1 atom stereocenters. The molecule has 2 heterocycles. The molecule has 1 aromatic rings. The Kier molecular flexibility index (Phi) is 4.82. The normalized spacial score (nSPS) is 21.8. The van der Waals surface area contributed by atoms with Crippen molar-refractivity contribution in [3.63, 3.8) is 0 Å². The third-order valence-electron chi connectivity index (χ3n) is 4.56. The van der Waals surface area contributed by atoms with E-state index in [-0.39, 0.29) is 0 Å². The molecule has 3 rings (SSSR count). The lowest BCUT2D eigenvalue weighted by Gasteiger charge is -2.34. The van der Waals surface area contributed by atoms with Crippen molar-refractivity contribution < 1.29 is 0 Å². The third-order valence-corrected chi connectivity index (χ3v) is 5.96. The summed E-state index contributed by atoms with van der Waals surface area (Å²) in [6.07, 6.45) is 4.01. The molecule has 1 unspecified atom stereocenters. The molecule has 0 aromatic carbocycles. The molecule has 1 aliphatic heterocycles. The molecule has 1 saturated heterocycles. The van der Waals surface area contributed by atoms with Gasteiger partial charge >= 0.3 is 0 Å². The van der Waals surface area contributed by atoms with Crippen LogP contribution in [0, 0.1) is 6.92 Å². The number of piperazine rings is 1. The van der Waals surface area contributed by atoms with Crippen LogP contribution in [0.5, 0.6) is 0 Å². The Balaban J connectivity index is 1.60. The highest BCUT2D eigenvalue weighted by molar-refractivity contribution is 7.15. The number of aryl methyl sites for hydroxylation is 1. The van der Waals surface area contributed by atoms with Crippen LogP contribution in [0.25, 0.3) is 0 Å². The molecular weight excluding hydrogens is 280 g/mol. The zero-order chi connectivity index (χ0) is 14.8. The van der Waals surface area contributed by atoms with Crippen LogP contribution < -0.4 is 10.2 Å². The van der Waals surface area contributed by atoms with E-state index in [0.29, 0.717) is 6.04 Å². The summed E-state index contributed by atoms with van der Waals surface area (Å²) in [6, 6.07) is 1.32. The van der Waals surface area contributed by atoms with Crippen molar-refractivity contribution in [1.82, 2.24) is 15.2 Å². The number of hydrogen-bond donors (Lipinski definition) is 1. The summed E-state index contributed by atoms with van der Waals surface area (Å²) in [6.45, 7) is 12.4. The second-order valence-corrected chi connectivity index (χ2v) is 7.39. The van der Waals surface area contributed by atoms with Gasteiger partial charge in [-0.05, 0) is 39.7 Å². The summed E-state index contributed by atoms with van der Waals surface area (Å²) in [5.41, 5.74) is 1.20. The molecule has 0 radical (unpaired) electrons. The van der Waals surface area contributed by atoms with Crippen molar-refractivity contribution in [1.29, 1.82) is 0 Å². The number of aromatic nitrogens is 1. The van der Waals surface area contributed by atoms with Crippen molar-refractivity contribution in [2.24, 2.45) is 0 Å². The number of hydrogen-bond acceptors (Lipinski definition) is 5. The second kappa shape index (κ2) is 6.63. The molecule has 5 heteroatoms. The average Bonchev–Trinajstić information content (AvgIpc) is 3.27. The van der Waals surface area contributed by atoms with Crippen LogP contribution in [0.4, 0.5) is 5.13 Å². The largest absolute Gasteiger partial charge is 0.346 e. The molecular formula is C16H28N4S. The minimum absolute atomic E-state index is 0.420. The minimum Gasteiger partial charge on any atom is -0.346 e. The highest BCUT2D eigenvalue weighted by Crippen LogP contribution is 2.33. The van der Waals surface area contributed by atoms with E-state index in [0.717, 1.165) is 25.7 Å². The van der Waals surface area contributed by atoms with Gasteiger partial charge in [0.05, 0.1) is 5.69 Å². The van der Waals surface area contributed by atoms with Crippen LogP contribution in [-0.4, -0.2) is 48.6 Å². The number of nitrogens with zero attached hydrogens (tertiary/aromatic N) is 3. The SMILES string of the molecule is CCCNC(C)c1sc(N2CCN(C3CC3)CC2)nc1C. The van der Waals surface area contributed by atoms with Crippen molar-refractivity contribution in [2.45, 2.75) is 52.1 Å². The van der Waals surface area contributed by atoms with Crippen LogP contribution in [0.2, 0.25) is 0 Å². The molecule has 21 heavy (non-hydrogen) atoms. The van der Waals surface area contributed by atoms with E-state index in [4.69, 9.17) is 4.98 Å². The number of nitrogens with one attached hydrogen (secondary N) is 1. The van der Waals surface area contributed by atoms with E-state index < -0.39 is 0 Å². The highest BCUT2D eigenvalue weighted by Gasteiger charge is 2.32. The fourth-order valence-electron chi connectivity index (χ4n) is 3.10. The molecule has 1 aliphatic carbocycles. The third kappa shape index (κ3) is 3.58. The molecule has 1 N–H and O–H groups in total. The van der Waals surface area contributed by atoms with Crippen molar-refractivity contribution >= 4 is 16.5 Å². The monoisotopic (exact) mass is 308 g/mol. The van der Waals surface area contributed by atoms with Crippen LogP contribution >= 0.6 is 11.3 Å². The molecule has 2 aliphatic rings. The van der Waals surface area contributed by atoms with E-state index in [9.17, 15) is 0 Å². The van der Waals surface area contributed by atoms with Gasteiger partial charge in [-0.3, -0.25) is 4.90 Å². The summed E-state index contributed by atoms with van der Waals surface area (Å²) < 4.78 is 0. The van der Waals surface area contributed by atoms with E-state index in [2.05, 4.69) is 35.9 Å². The fourth-order valence-corrected chi connectivity index (χ4v) is 4.25. The predicted molar refractivity (Wildman–Crippen MR) is 90.4 cm³/mol. The predicted octanol–water partition coefficient (Wildman–Crippen LogP) is 2.80. The maximum Gasteiger partial charge on any atom is 0.185 e. The lowest BCUT2D eigenvalue weighted by atomic mass is 10.2. The van der Waals surface area contributed by atoms with Crippen molar-refractivity contribution in [3.8, 4) is 0 Å². The summed E-state index contributed by atoms with van der Waals surface area (Å²) in [5.74, 6) is 0. The van der Waals surface area contributed by atoms with Gasteiger partial charge in [-0.2, -0.15) is 0 Å². The Morgan fingerprint density at radius 1 is 1.29 bits per heavy atom. The topological polar surface area (TPSA) is 31.4 Å². The van der Waals surface area contributed by atoms with Gasteiger partial charge in [0.25, 0.3) is 0 Å². The summed E-state index contributed by atoms with van der Waals surface area (Å²) in [4.78, 5) is 11.4. The van der Waals surface area contributed by atoms with Gasteiger partial charge in [-0.15, -0.1) is 11.3 Å². The Labute approximate surface area is 132 Å². The maximum absolute atomic E-state index is 4.83. The zero-order valence-corrected chi connectivity index (χ0v) is 14.4. The summed E-state index contributed by atoms with van der Waals surface area (Å²) in [7, 11) is 0. The number of anilines is 1. The Morgan fingerprint density at radius 2 is 2.00 bits per heavy atom. The maximum atomic E-state index is 4.83. The molecule has 0 bridgehead atoms. The Bertz CT molecular complexity index is 461. The molecule has 4 nitrogen and oxygen atoms in total. The lowest BCUT2D eigenvalue weighted by Crippen LogP contribution is -2.47. The van der Waals surface area contributed by atoms with E-state index >= 15 is 0 Å². The van der Waals surface area contributed by atoms with E-state index in [1.807, 2.05) is 11.3 Å². The van der Waals surface area contributed by atoms with E-state index in [1.165, 1.54) is 48.1 Å². The van der Waals surface area contributed by atoms with Gasteiger partial charge in [-0.1, -0.05) is 6.92 Å². The second-order valence-electron chi connectivity index (χ2n) is 6.38. The molecule has 0 spiro atoms. The smallest absolute Gasteiger partial charge is 0.185 e. The fraction of sp³-hybridized carbons (Fsp3) is 0.812. The van der Waals surface area contributed by atoms with Gasteiger partial charge in [0.2, 0.25) is 0 Å². The van der Waals surface area contributed by atoms with Gasteiger partial charge in [0.15, 0.2) is 5.13 Å². The van der Waals surface area contributed by atoms with Crippen LogP contribution in [0.3, 0.4) is 0 Å². The van der Waals surface area contributed by atoms with Crippen molar-refractivity contribution in [3.05, 3.63) is 10.6 Å². The van der Waals surface area contributed by atoms with E-state index in [1.54, 1.807) is 0 Å². The first-order valence-corrected chi connectivity index (χ1v) is 9.20. The van der Waals surface area contributed by atoms with Gasteiger partial charge in [0, 0.05) is 43.1 Å². The van der Waals surface area contributed by atoms with Gasteiger partial charge < -0.3 is 10.2 Å². The van der Waals surface area contributed by atoms with Crippen LogP contribution in [0.1, 0.15) is 49.7 Å². The average molecular weight is 308 g/mol. The first-order chi connectivity index (χ1) is 10.2. The summed E-state index contributed by atoms with van der Waals surface area (Å²) >= 11 is 1.88. The van der Waals surface area contributed by atoms with Crippen LogP contribution in [0.15, 0.2) is 0 Å². The molecule has 1 saturated carbocycles. The highest BCUT2D eigenvalue weighted by atomic mass is 32.1. The Hall–Kier alpha value is -0.650. The minimum atomic E-state index is 0.420. The molecule has 118 valence electrons. The Morgan fingerprint density at radius 3 is 2.62 bits per heavy atom. The standard InChI is InChI=1S/C16H28N4S/c1-4-7-17-12(2)15-13(3)18-16(21-15)20-10-8-19(9-11-20)14-5-6-14/h12,14,17H,4-11H2,1-3H3. The van der Waals surface area contributed by atoms with Crippen LogP contribution in [-0.2, 0) is 0 Å². The van der Waals surface area contributed by atoms with Gasteiger partial charge in [-0.25, -0.2) is 4.98 Å². The number of rotatable bonds is 6. The first-order valence-electron chi connectivity index (χ1n) is 8.38. The number of thiazole rings is 1. The first kappa shape index (κ1) is 15.3. The van der Waals surface area contributed by atoms with Gasteiger partial charge in [0.1, 0.15) is 0 Å². The quantitative estimate of drug-likeness (QED) is 0.875. The lowest BCUT2D eigenvalue weighted by molar-refractivity contribution is 0.248.